The molecule has 0 aliphatic rings. The number of nitrogens with zero attached hydrogens (tertiary/aromatic N) is 2. The minimum Gasteiger partial charge on any atom is -0.354 e. The summed E-state index contributed by atoms with van der Waals surface area (Å²) in [6.07, 6.45) is 1.57. The molecule has 1 heterocycles. The normalized spacial score (nSPS) is 12.2. The van der Waals surface area contributed by atoms with Crippen LogP contribution in [-0.4, -0.2) is 29.3 Å². The third-order valence-corrected chi connectivity index (χ3v) is 3.28. The predicted molar refractivity (Wildman–Crippen MR) is 79.0 cm³/mol. The Morgan fingerprint density at radius 3 is 2.81 bits per heavy atom. The molecule has 0 saturated carbocycles. The molecule has 0 spiro atoms. The second-order valence-electron chi connectivity index (χ2n) is 4.71. The molecule has 1 aromatic carbocycles. The van der Waals surface area contributed by atoms with E-state index in [0.717, 1.165) is 12.1 Å². The summed E-state index contributed by atoms with van der Waals surface area (Å²) in [6.45, 7) is 4.81. The largest absolute Gasteiger partial charge is 0.354 e. The van der Waals surface area contributed by atoms with E-state index in [1.807, 2.05) is 19.9 Å². The lowest BCUT2D eigenvalue weighted by Gasteiger charge is -2.14. The van der Waals surface area contributed by atoms with E-state index >= 15 is 0 Å². The Morgan fingerprint density at radius 1 is 1.43 bits per heavy atom. The number of halogens is 1. The molecule has 0 aliphatic heterocycles. The van der Waals surface area contributed by atoms with Crippen LogP contribution in [0.3, 0.4) is 0 Å². The van der Waals surface area contributed by atoms with Crippen LogP contribution in [0.5, 0.6) is 0 Å². The van der Waals surface area contributed by atoms with Crippen LogP contribution in [0.1, 0.15) is 35.9 Å². The zero-order chi connectivity index (χ0) is 15.4. The molecule has 21 heavy (non-hydrogen) atoms. The highest BCUT2D eigenvalue weighted by atomic mass is 19.1. The molecule has 0 aliphatic carbocycles. The van der Waals surface area contributed by atoms with Gasteiger partial charge in [0.25, 0.3) is 5.91 Å². The molecule has 0 saturated heterocycles. The minimum atomic E-state index is -0.371. The zero-order valence-electron chi connectivity index (χ0n) is 12.4. The van der Waals surface area contributed by atoms with E-state index in [4.69, 9.17) is 0 Å². The lowest BCUT2D eigenvalue weighted by atomic mass is 10.1. The number of hydrogen-bond acceptors (Lipinski definition) is 3. The van der Waals surface area contributed by atoms with Crippen molar-refractivity contribution in [1.82, 2.24) is 20.4 Å². The van der Waals surface area contributed by atoms with E-state index in [1.165, 1.54) is 17.8 Å². The second-order valence-corrected chi connectivity index (χ2v) is 4.71. The maximum atomic E-state index is 14.2. The molecule has 1 amide bonds. The summed E-state index contributed by atoms with van der Waals surface area (Å²) in [5.41, 5.74) is 1.44. The van der Waals surface area contributed by atoms with Gasteiger partial charge in [0.1, 0.15) is 11.5 Å². The second kappa shape index (κ2) is 6.49. The Kier molecular flexibility index (Phi) is 4.70. The van der Waals surface area contributed by atoms with Crippen LogP contribution in [0.2, 0.25) is 0 Å². The van der Waals surface area contributed by atoms with Gasteiger partial charge in [0, 0.05) is 19.3 Å². The van der Waals surface area contributed by atoms with Crippen molar-refractivity contribution in [3.63, 3.8) is 0 Å². The van der Waals surface area contributed by atoms with Crippen molar-refractivity contribution in [2.75, 3.05) is 13.6 Å². The smallest absolute Gasteiger partial charge is 0.271 e. The Bertz CT molecular complexity index is 638. The molecule has 2 N–H and O–H groups in total. The zero-order valence-corrected chi connectivity index (χ0v) is 12.4. The van der Waals surface area contributed by atoms with Gasteiger partial charge in [0.15, 0.2) is 5.69 Å². The van der Waals surface area contributed by atoms with Gasteiger partial charge in [0.2, 0.25) is 0 Å². The fourth-order valence-corrected chi connectivity index (χ4v) is 2.11. The lowest BCUT2D eigenvalue weighted by Crippen LogP contribution is -2.19. The van der Waals surface area contributed by atoms with Gasteiger partial charge in [-0.3, -0.25) is 4.79 Å². The van der Waals surface area contributed by atoms with E-state index in [0.29, 0.717) is 5.69 Å². The number of carbonyl (C=O) groups excluding carboxylic acids is 1. The Balaban J connectivity index is 2.28. The van der Waals surface area contributed by atoms with Crippen LogP contribution in [-0.2, 0) is 0 Å². The van der Waals surface area contributed by atoms with Gasteiger partial charge in [-0.25, -0.2) is 9.07 Å². The van der Waals surface area contributed by atoms with E-state index in [-0.39, 0.29) is 23.5 Å². The first kappa shape index (κ1) is 15.2. The standard InChI is InChI=1S/C15H19FN4O/c1-4-18-10(2)11-5-6-14(12(16)9-11)20-8-7-13(19-20)15(21)17-3/h5-10,18H,4H2,1-3H3,(H,17,21). The third-order valence-electron chi connectivity index (χ3n) is 3.28. The number of benzene rings is 1. The van der Waals surface area contributed by atoms with E-state index in [2.05, 4.69) is 15.7 Å². The first-order chi connectivity index (χ1) is 10.1. The quantitative estimate of drug-likeness (QED) is 0.886. The van der Waals surface area contributed by atoms with E-state index < -0.39 is 0 Å². The SMILES string of the molecule is CCNC(C)c1ccc(-n2ccc(C(=O)NC)n2)c(F)c1. The summed E-state index contributed by atoms with van der Waals surface area (Å²) in [5.74, 6) is -0.671. The monoisotopic (exact) mass is 290 g/mol. The molecule has 1 unspecified atom stereocenters. The van der Waals surface area contributed by atoms with Crippen molar-refractivity contribution in [2.24, 2.45) is 0 Å². The highest BCUT2D eigenvalue weighted by molar-refractivity contribution is 5.91. The maximum absolute atomic E-state index is 14.2. The summed E-state index contributed by atoms with van der Waals surface area (Å²) >= 11 is 0. The highest BCUT2D eigenvalue weighted by Gasteiger charge is 2.12. The van der Waals surface area contributed by atoms with E-state index in [9.17, 15) is 9.18 Å². The molecule has 0 fully saturated rings. The van der Waals surface area contributed by atoms with Gasteiger partial charge in [0.05, 0.1) is 0 Å². The van der Waals surface area contributed by atoms with Crippen molar-refractivity contribution in [1.29, 1.82) is 0 Å². The molecule has 0 bridgehead atoms. The Labute approximate surface area is 123 Å². The van der Waals surface area contributed by atoms with Crippen molar-refractivity contribution in [3.8, 4) is 5.69 Å². The molecular weight excluding hydrogens is 271 g/mol. The number of rotatable bonds is 5. The summed E-state index contributed by atoms with van der Waals surface area (Å²) in [6, 6.07) is 6.64. The first-order valence-corrected chi connectivity index (χ1v) is 6.87. The molecular formula is C15H19FN4O. The topological polar surface area (TPSA) is 59.0 Å². The van der Waals surface area contributed by atoms with Crippen LogP contribution in [0.25, 0.3) is 5.69 Å². The van der Waals surface area contributed by atoms with Crippen molar-refractivity contribution in [2.45, 2.75) is 19.9 Å². The fraction of sp³-hybridized carbons (Fsp3) is 0.333. The van der Waals surface area contributed by atoms with Gasteiger partial charge >= 0.3 is 0 Å². The number of aromatic nitrogens is 2. The lowest BCUT2D eigenvalue weighted by molar-refractivity contribution is 0.0957. The van der Waals surface area contributed by atoms with Crippen LogP contribution in [0.15, 0.2) is 30.5 Å². The number of nitrogens with one attached hydrogen (secondary N) is 2. The summed E-state index contributed by atoms with van der Waals surface area (Å²) in [7, 11) is 1.53. The van der Waals surface area contributed by atoms with Crippen molar-refractivity contribution < 1.29 is 9.18 Å². The minimum absolute atomic E-state index is 0.0811. The van der Waals surface area contributed by atoms with Crippen LogP contribution >= 0.6 is 0 Å². The fourth-order valence-electron chi connectivity index (χ4n) is 2.11. The van der Waals surface area contributed by atoms with Crippen LogP contribution < -0.4 is 10.6 Å². The summed E-state index contributed by atoms with van der Waals surface area (Å²) < 4.78 is 15.6. The van der Waals surface area contributed by atoms with Gasteiger partial charge in [-0.2, -0.15) is 5.10 Å². The van der Waals surface area contributed by atoms with Gasteiger partial charge < -0.3 is 10.6 Å². The molecule has 1 aromatic heterocycles. The molecule has 112 valence electrons. The summed E-state index contributed by atoms with van der Waals surface area (Å²) in [5, 5.41) is 9.79. The molecule has 1 atom stereocenters. The number of hydrogen-bond donors (Lipinski definition) is 2. The molecule has 2 rings (SSSR count). The van der Waals surface area contributed by atoms with Crippen LogP contribution in [0.4, 0.5) is 4.39 Å². The predicted octanol–water partition coefficient (Wildman–Crippen LogP) is 2.04. The van der Waals surface area contributed by atoms with Gasteiger partial charge in [-0.1, -0.05) is 13.0 Å². The molecule has 5 nitrogen and oxygen atoms in total. The number of carbonyl (C=O) groups is 1. The van der Waals surface area contributed by atoms with Crippen LogP contribution in [0, 0.1) is 5.82 Å². The molecule has 2 aromatic rings. The average molecular weight is 290 g/mol. The van der Waals surface area contributed by atoms with Gasteiger partial charge in [-0.05, 0) is 37.2 Å². The van der Waals surface area contributed by atoms with Crippen molar-refractivity contribution in [3.05, 3.63) is 47.5 Å². The number of amides is 1. The molecule has 6 heteroatoms. The Morgan fingerprint density at radius 2 is 2.19 bits per heavy atom. The van der Waals surface area contributed by atoms with E-state index in [1.54, 1.807) is 18.3 Å². The first-order valence-electron chi connectivity index (χ1n) is 6.87. The van der Waals surface area contributed by atoms with Crippen molar-refractivity contribution >= 4 is 5.91 Å². The summed E-state index contributed by atoms with van der Waals surface area (Å²) in [4.78, 5) is 11.5. The average Bonchev–Trinajstić information content (AvgIpc) is 2.96. The maximum Gasteiger partial charge on any atom is 0.271 e. The Hall–Kier alpha value is -2.21. The molecule has 0 radical (unpaired) electrons. The van der Waals surface area contributed by atoms with Gasteiger partial charge in [-0.15, -0.1) is 0 Å². The third kappa shape index (κ3) is 3.28. The highest BCUT2D eigenvalue weighted by Crippen LogP contribution is 2.19.